The molecule has 0 atom stereocenters. The van der Waals surface area contributed by atoms with E-state index in [1.165, 1.54) is 6.20 Å². The molecule has 3 nitrogen and oxygen atoms in total. The Morgan fingerprint density at radius 3 is 2.56 bits per heavy atom. The number of nitrogens with zero attached hydrogens (tertiary/aromatic N) is 2. The van der Waals surface area contributed by atoms with Crippen LogP contribution in [0.15, 0.2) is 36.5 Å². The fraction of sp³-hybridized carbons (Fsp3) is 0.0909. The average molecular weight is 255 g/mol. The van der Waals surface area contributed by atoms with Crippen LogP contribution in [0.25, 0.3) is 0 Å². The lowest BCUT2D eigenvalue weighted by Crippen LogP contribution is -2.36. The zero-order valence-corrected chi connectivity index (χ0v) is 10.1. The van der Waals surface area contributed by atoms with E-state index in [1.807, 2.05) is 30.3 Å². The molecule has 2 aromatic rings. The van der Waals surface area contributed by atoms with Crippen LogP contribution in [0.3, 0.4) is 0 Å². The second-order valence-corrected chi connectivity index (χ2v) is 4.05. The third-order valence-corrected chi connectivity index (χ3v) is 2.89. The van der Waals surface area contributed by atoms with Crippen LogP contribution in [0.2, 0.25) is 10.0 Å². The molecule has 0 bridgehead atoms. The molecule has 2 rings (SSSR count). The Labute approximate surface area is 104 Å². The Morgan fingerprint density at radius 1 is 1.19 bits per heavy atom. The summed E-state index contributed by atoms with van der Waals surface area (Å²) in [5.41, 5.74) is 0.934. The van der Waals surface area contributed by atoms with E-state index in [-0.39, 0.29) is 0 Å². The number of hydrogen-bond donors (Lipinski definition) is 1. The van der Waals surface area contributed by atoms with E-state index in [0.29, 0.717) is 15.9 Å². The maximum atomic E-state index is 6.09. The first-order valence-electron chi connectivity index (χ1n) is 4.71. The lowest BCUT2D eigenvalue weighted by Gasteiger charge is -2.04. The summed E-state index contributed by atoms with van der Waals surface area (Å²) in [5, 5.41) is 8.13. The summed E-state index contributed by atoms with van der Waals surface area (Å²) in [7, 11) is 1.80. The first kappa shape index (κ1) is 11.2. The third kappa shape index (κ3) is 2.26. The summed E-state index contributed by atoms with van der Waals surface area (Å²) < 4.78 is 1.64. The summed E-state index contributed by atoms with van der Waals surface area (Å²) in [4.78, 5) is 0. The number of halogens is 2. The monoisotopic (exact) mass is 254 g/mol. The topological polar surface area (TPSA) is 28.8 Å². The van der Waals surface area contributed by atoms with E-state index in [2.05, 4.69) is 10.4 Å². The lowest BCUT2D eigenvalue weighted by atomic mass is 10.3. The summed E-state index contributed by atoms with van der Waals surface area (Å²) in [5.74, 6) is 0.667. The van der Waals surface area contributed by atoms with E-state index in [9.17, 15) is 0 Å². The van der Waals surface area contributed by atoms with E-state index in [1.54, 1.807) is 11.7 Å². The number of benzene rings is 1. The molecule has 16 heavy (non-hydrogen) atoms. The number of aromatic nitrogens is 2. The largest absolute Gasteiger partial charge is 0.320 e. The Hall–Kier alpha value is -1.32. The second-order valence-electron chi connectivity index (χ2n) is 3.27. The van der Waals surface area contributed by atoms with E-state index in [4.69, 9.17) is 23.2 Å². The van der Waals surface area contributed by atoms with Crippen LogP contribution >= 0.6 is 23.2 Å². The molecule has 0 saturated heterocycles. The number of para-hydroxylation sites is 1. The molecular formula is C11H10Cl2N3+. The van der Waals surface area contributed by atoms with Crippen molar-refractivity contribution >= 4 is 34.7 Å². The van der Waals surface area contributed by atoms with E-state index < -0.39 is 0 Å². The fourth-order valence-corrected chi connectivity index (χ4v) is 1.65. The van der Waals surface area contributed by atoms with Gasteiger partial charge in [0.25, 0.3) is 0 Å². The molecule has 0 amide bonds. The molecule has 0 aliphatic heterocycles. The smallest absolute Gasteiger partial charge is 0.238 e. The minimum atomic E-state index is 0.429. The lowest BCUT2D eigenvalue weighted by molar-refractivity contribution is -0.717. The van der Waals surface area contributed by atoms with Gasteiger partial charge in [0.1, 0.15) is 12.7 Å². The quantitative estimate of drug-likeness (QED) is 0.836. The average Bonchev–Trinajstić information content (AvgIpc) is 2.31. The number of anilines is 2. The van der Waals surface area contributed by atoms with Gasteiger partial charge in [-0.05, 0) is 12.1 Å². The van der Waals surface area contributed by atoms with Crippen LogP contribution < -0.4 is 10.00 Å². The summed E-state index contributed by atoms with van der Waals surface area (Å²) >= 11 is 12.0. The zero-order chi connectivity index (χ0) is 11.5. The van der Waals surface area contributed by atoms with Gasteiger partial charge >= 0.3 is 5.82 Å². The summed E-state index contributed by atoms with van der Waals surface area (Å²) in [6, 6.07) is 9.71. The Balaban J connectivity index is 2.38. The van der Waals surface area contributed by atoms with Gasteiger partial charge in [-0.15, -0.1) is 4.68 Å². The number of nitrogens with one attached hydrogen (secondary N) is 1. The highest BCUT2D eigenvalue weighted by Crippen LogP contribution is 2.27. The normalized spacial score (nSPS) is 10.2. The van der Waals surface area contributed by atoms with Gasteiger partial charge in [-0.3, -0.25) is 0 Å². The molecule has 1 aromatic carbocycles. The molecule has 1 heterocycles. The van der Waals surface area contributed by atoms with Crippen molar-refractivity contribution in [1.29, 1.82) is 0 Å². The fourth-order valence-electron chi connectivity index (χ4n) is 1.30. The standard InChI is InChI=1S/C11H9Cl2N3/c1-16-11(10(13)9(12)7-14-16)15-8-5-3-2-4-6-8/h2-7H,1H3/p+1. The van der Waals surface area contributed by atoms with Gasteiger partial charge in [-0.1, -0.05) is 46.5 Å². The maximum Gasteiger partial charge on any atom is 0.320 e. The minimum Gasteiger partial charge on any atom is -0.238 e. The first-order chi connectivity index (χ1) is 7.68. The van der Waals surface area contributed by atoms with E-state index >= 15 is 0 Å². The highest BCUT2D eigenvalue weighted by molar-refractivity contribution is 6.43. The Morgan fingerprint density at radius 2 is 1.88 bits per heavy atom. The SMILES string of the molecule is C[n+]1ncc(Cl)c(Cl)c1Nc1ccccc1. The second kappa shape index (κ2) is 4.68. The highest BCUT2D eigenvalue weighted by atomic mass is 35.5. The van der Waals surface area contributed by atoms with Gasteiger partial charge in [0.05, 0.1) is 11.2 Å². The predicted octanol–water partition coefficient (Wildman–Crippen LogP) is 2.96. The van der Waals surface area contributed by atoms with Crippen LogP contribution in [-0.4, -0.2) is 5.10 Å². The van der Waals surface area contributed by atoms with Gasteiger partial charge in [0.2, 0.25) is 0 Å². The van der Waals surface area contributed by atoms with Crippen molar-refractivity contribution in [3.05, 3.63) is 46.6 Å². The van der Waals surface area contributed by atoms with Gasteiger partial charge < -0.3 is 0 Å². The maximum absolute atomic E-state index is 6.09. The van der Waals surface area contributed by atoms with Crippen molar-refractivity contribution in [2.75, 3.05) is 5.32 Å². The van der Waals surface area contributed by atoms with Crippen LogP contribution in [0, 0.1) is 0 Å². The van der Waals surface area contributed by atoms with Crippen molar-refractivity contribution in [3.8, 4) is 0 Å². The molecule has 0 saturated carbocycles. The van der Waals surface area contributed by atoms with Crippen molar-refractivity contribution in [2.24, 2.45) is 7.05 Å². The molecule has 0 unspecified atom stereocenters. The molecule has 1 aromatic heterocycles. The van der Waals surface area contributed by atoms with Crippen molar-refractivity contribution in [1.82, 2.24) is 5.10 Å². The van der Waals surface area contributed by atoms with Crippen LogP contribution in [0.5, 0.6) is 0 Å². The summed E-state index contributed by atoms with van der Waals surface area (Å²) in [6.07, 6.45) is 1.51. The van der Waals surface area contributed by atoms with Crippen molar-refractivity contribution < 1.29 is 4.68 Å². The van der Waals surface area contributed by atoms with Crippen LogP contribution in [-0.2, 0) is 7.05 Å². The van der Waals surface area contributed by atoms with Crippen LogP contribution in [0.4, 0.5) is 11.5 Å². The Bertz CT molecular complexity index is 500. The third-order valence-electron chi connectivity index (χ3n) is 2.12. The molecular weight excluding hydrogens is 245 g/mol. The number of rotatable bonds is 2. The Kier molecular flexibility index (Phi) is 3.27. The van der Waals surface area contributed by atoms with Gasteiger partial charge in [0, 0.05) is 0 Å². The molecule has 0 radical (unpaired) electrons. The molecule has 0 fully saturated rings. The minimum absolute atomic E-state index is 0.429. The molecule has 0 aliphatic carbocycles. The van der Waals surface area contributed by atoms with Crippen molar-refractivity contribution in [3.63, 3.8) is 0 Å². The predicted molar refractivity (Wildman–Crippen MR) is 65.2 cm³/mol. The van der Waals surface area contributed by atoms with E-state index in [0.717, 1.165) is 5.69 Å². The van der Waals surface area contributed by atoms with Gasteiger partial charge in [-0.2, -0.15) is 0 Å². The molecule has 0 spiro atoms. The highest BCUT2D eigenvalue weighted by Gasteiger charge is 2.16. The zero-order valence-electron chi connectivity index (χ0n) is 8.61. The van der Waals surface area contributed by atoms with Gasteiger partial charge in [-0.25, -0.2) is 5.32 Å². The van der Waals surface area contributed by atoms with Crippen LogP contribution in [0.1, 0.15) is 0 Å². The molecule has 5 heteroatoms. The molecule has 0 aliphatic rings. The number of aryl methyl sites for hydroxylation is 1. The molecule has 1 N–H and O–H groups in total. The number of hydrogen-bond acceptors (Lipinski definition) is 2. The summed E-state index contributed by atoms with van der Waals surface area (Å²) in [6.45, 7) is 0. The first-order valence-corrected chi connectivity index (χ1v) is 5.46. The molecule has 82 valence electrons. The van der Waals surface area contributed by atoms with Crippen molar-refractivity contribution in [2.45, 2.75) is 0 Å². The van der Waals surface area contributed by atoms with Gasteiger partial charge in [0.15, 0.2) is 5.02 Å².